The van der Waals surface area contributed by atoms with E-state index in [2.05, 4.69) is 53.8 Å². The van der Waals surface area contributed by atoms with Gasteiger partial charge in [-0.2, -0.15) is 0 Å². The topological polar surface area (TPSA) is 6.48 Å². The first-order chi connectivity index (χ1) is 6.43. The first-order valence-corrected chi connectivity index (χ1v) is 5.85. The number of nitrogens with zero attached hydrogens (tertiary/aromatic N) is 2. The lowest BCUT2D eigenvalue weighted by atomic mass is 10.2. The molecule has 1 aromatic rings. The Bertz CT molecular complexity index is 312. The number of hydrogen-bond donors (Lipinski definition) is 0. The quantitative estimate of drug-likeness (QED) is 0.824. The van der Waals surface area contributed by atoms with Gasteiger partial charge in [0.2, 0.25) is 0 Å². The molecule has 0 fully saturated rings. The highest BCUT2D eigenvalue weighted by Gasteiger charge is 2.09. The Balaban J connectivity index is 3.25. The third-order valence-electron chi connectivity index (χ3n) is 1.97. The minimum absolute atomic E-state index is 1.10. The Labute approximate surface area is 102 Å². The largest absolute Gasteiger partial charge is 0.378 e. The predicted molar refractivity (Wildman–Crippen MR) is 70.5 cm³/mol. The SMILES string of the molecule is CN(C)c1cc(Br)c(N(C)C)c(Br)c1. The van der Waals surface area contributed by atoms with Crippen molar-refractivity contribution in [3.63, 3.8) is 0 Å². The van der Waals surface area contributed by atoms with Crippen LogP contribution in [0.3, 0.4) is 0 Å². The normalized spacial score (nSPS) is 10.1. The van der Waals surface area contributed by atoms with Gasteiger partial charge < -0.3 is 9.80 Å². The van der Waals surface area contributed by atoms with Gasteiger partial charge in [0.25, 0.3) is 0 Å². The molecule has 0 radical (unpaired) electrons. The van der Waals surface area contributed by atoms with Crippen LogP contribution in [0.15, 0.2) is 21.1 Å². The van der Waals surface area contributed by atoms with Crippen molar-refractivity contribution in [1.29, 1.82) is 0 Å². The first-order valence-electron chi connectivity index (χ1n) is 4.27. The standard InChI is InChI=1S/C10H14Br2N2/c1-13(2)7-5-8(11)10(14(3)4)9(12)6-7/h5-6H,1-4H3. The lowest BCUT2D eigenvalue weighted by Crippen LogP contribution is -2.12. The van der Waals surface area contributed by atoms with E-state index < -0.39 is 0 Å². The Morgan fingerprint density at radius 3 is 1.57 bits per heavy atom. The van der Waals surface area contributed by atoms with Crippen molar-refractivity contribution in [3.05, 3.63) is 21.1 Å². The van der Waals surface area contributed by atoms with Crippen molar-refractivity contribution in [2.24, 2.45) is 0 Å². The average molecular weight is 322 g/mol. The van der Waals surface area contributed by atoms with Gasteiger partial charge in [-0.1, -0.05) is 0 Å². The molecule has 0 aliphatic carbocycles. The highest BCUT2D eigenvalue weighted by Crippen LogP contribution is 2.36. The lowest BCUT2D eigenvalue weighted by molar-refractivity contribution is 1.10. The molecule has 4 heteroatoms. The zero-order valence-corrected chi connectivity index (χ0v) is 12.0. The van der Waals surface area contributed by atoms with Gasteiger partial charge in [-0.15, -0.1) is 0 Å². The van der Waals surface area contributed by atoms with Crippen LogP contribution < -0.4 is 9.80 Å². The van der Waals surface area contributed by atoms with E-state index >= 15 is 0 Å². The number of anilines is 2. The Kier molecular flexibility index (Phi) is 3.84. The van der Waals surface area contributed by atoms with E-state index in [1.807, 2.05) is 28.2 Å². The maximum Gasteiger partial charge on any atom is 0.0651 e. The summed E-state index contributed by atoms with van der Waals surface area (Å²) in [5.41, 5.74) is 2.34. The number of rotatable bonds is 2. The molecule has 14 heavy (non-hydrogen) atoms. The summed E-state index contributed by atoms with van der Waals surface area (Å²) in [6.45, 7) is 0. The van der Waals surface area contributed by atoms with Crippen LogP contribution in [0, 0.1) is 0 Å². The summed E-state index contributed by atoms with van der Waals surface area (Å²) in [6, 6.07) is 4.22. The zero-order valence-electron chi connectivity index (χ0n) is 8.81. The van der Waals surface area contributed by atoms with E-state index in [-0.39, 0.29) is 0 Å². The Hall–Kier alpha value is -0.220. The lowest BCUT2D eigenvalue weighted by Gasteiger charge is -2.20. The first kappa shape index (κ1) is 11.9. The number of benzene rings is 1. The average Bonchev–Trinajstić information content (AvgIpc) is 2.01. The molecule has 0 aromatic heterocycles. The molecule has 0 atom stereocenters. The van der Waals surface area contributed by atoms with E-state index in [1.54, 1.807) is 0 Å². The van der Waals surface area contributed by atoms with E-state index in [1.165, 1.54) is 5.69 Å². The van der Waals surface area contributed by atoms with Crippen molar-refractivity contribution < 1.29 is 0 Å². The number of hydrogen-bond acceptors (Lipinski definition) is 2. The summed E-state index contributed by atoms with van der Waals surface area (Å²) in [5.74, 6) is 0. The van der Waals surface area contributed by atoms with E-state index in [4.69, 9.17) is 0 Å². The molecule has 0 amide bonds. The molecule has 0 aliphatic rings. The third kappa shape index (κ3) is 2.42. The minimum Gasteiger partial charge on any atom is -0.378 e. The maximum atomic E-state index is 3.57. The minimum atomic E-state index is 1.10. The highest BCUT2D eigenvalue weighted by molar-refractivity contribution is 9.11. The summed E-state index contributed by atoms with van der Waals surface area (Å²) < 4.78 is 2.20. The van der Waals surface area contributed by atoms with Gasteiger partial charge in [0, 0.05) is 42.8 Å². The molecule has 0 unspecified atom stereocenters. The summed E-state index contributed by atoms with van der Waals surface area (Å²) in [7, 11) is 8.12. The van der Waals surface area contributed by atoms with Gasteiger partial charge in [-0.05, 0) is 44.0 Å². The second-order valence-electron chi connectivity index (χ2n) is 3.55. The molecule has 0 N–H and O–H groups in total. The van der Waals surface area contributed by atoms with Crippen LogP contribution in [0.4, 0.5) is 11.4 Å². The monoisotopic (exact) mass is 320 g/mol. The molecule has 78 valence electrons. The fraction of sp³-hybridized carbons (Fsp3) is 0.400. The van der Waals surface area contributed by atoms with Crippen LogP contribution in [0.1, 0.15) is 0 Å². The predicted octanol–water partition coefficient (Wildman–Crippen LogP) is 3.34. The van der Waals surface area contributed by atoms with E-state index in [0.717, 1.165) is 14.6 Å². The summed E-state index contributed by atoms with van der Waals surface area (Å²) in [5, 5.41) is 0. The van der Waals surface area contributed by atoms with E-state index in [0.29, 0.717) is 0 Å². The molecule has 1 aromatic carbocycles. The van der Waals surface area contributed by atoms with Gasteiger partial charge in [0.1, 0.15) is 0 Å². The molecule has 0 aliphatic heterocycles. The number of halogens is 2. The van der Waals surface area contributed by atoms with Crippen molar-refractivity contribution in [2.45, 2.75) is 0 Å². The Morgan fingerprint density at radius 1 is 0.857 bits per heavy atom. The second-order valence-corrected chi connectivity index (χ2v) is 5.26. The highest BCUT2D eigenvalue weighted by atomic mass is 79.9. The van der Waals surface area contributed by atoms with Gasteiger partial charge in [-0.3, -0.25) is 0 Å². The van der Waals surface area contributed by atoms with Crippen molar-refractivity contribution in [1.82, 2.24) is 0 Å². The molecule has 0 saturated carbocycles. The summed E-state index contributed by atoms with van der Waals surface area (Å²) in [6.07, 6.45) is 0. The molecule has 0 spiro atoms. The molecular weight excluding hydrogens is 308 g/mol. The fourth-order valence-corrected chi connectivity index (χ4v) is 3.11. The fourth-order valence-electron chi connectivity index (χ4n) is 1.24. The summed E-state index contributed by atoms with van der Waals surface area (Å²) in [4.78, 5) is 4.16. The van der Waals surface area contributed by atoms with Gasteiger partial charge in [-0.25, -0.2) is 0 Å². The maximum absolute atomic E-state index is 3.57. The van der Waals surface area contributed by atoms with Crippen LogP contribution in [0.2, 0.25) is 0 Å². The van der Waals surface area contributed by atoms with Crippen molar-refractivity contribution in [3.8, 4) is 0 Å². The molecule has 0 bridgehead atoms. The van der Waals surface area contributed by atoms with Gasteiger partial charge >= 0.3 is 0 Å². The van der Waals surface area contributed by atoms with Crippen LogP contribution in [0.5, 0.6) is 0 Å². The van der Waals surface area contributed by atoms with Crippen LogP contribution in [-0.2, 0) is 0 Å². The summed E-state index contributed by atoms with van der Waals surface area (Å²) >= 11 is 7.14. The van der Waals surface area contributed by atoms with Crippen molar-refractivity contribution in [2.75, 3.05) is 38.0 Å². The molecule has 1 rings (SSSR count). The molecule has 0 heterocycles. The molecular formula is C10H14Br2N2. The van der Waals surface area contributed by atoms with Crippen LogP contribution in [-0.4, -0.2) is 28.2 Å². The van der Waals surface area contributed by atoms with Crippen molar-refractivity contribution >= 4 is 43.2 Å². The van der Waals surface area contributed by atoms with Gasteiger partial charge in [0.15, 0.2) is 0 Å². The van der Waals surface area contributed by atoms with Crippen LogP contribution >= 0.6 is 31.9 Å². The Morgan fingerprint density at radius 2 is 1.29 bits per heavy atom. The molecule has 2 nitrogen and oxygen atoms in total. The molecule has 0 saturated heterocycles. The second kappa shape index (κ2) is 4.53. The zero-order chi connectivity index (χ0) is 10.9. The van der Waals surface area contributed by atoms with Crippen LogP contribution in [0.25, 0.3) is 0 Å². The van der Waals surface area contributed by atoms with Gasteiger partial charge in [0.05, 0.1) is 5.69 Å². The smallest absolute Gasteiger partial charge is 0.0651 e. The third-order valence-corrected chi connectivity index (χ3v) is 3.17. The van der Waals surface area contributed by atoms with E-state index in [9.17, 15) is 0 Å².